The maximum Gasteiger partial charge on any atom is 0.310 e. The summed E-state index contributed by atoms with van der Waals surface area (Å²) < 4.78 is 5.42. The van der Waals surface area contributed by atoms with Gasteiger partial charge in [-0.3, -0.25) is 9.59 Å². The largest absolute Gasteiger partial charge is 0.457 e. The maximum atomic E-state index is 12.1. The van der Waals surface area contributed by atoms with Crippen LogP contribution in [0.2, 0.25) is 0 Å². The summed E-state index contributed by atoms with van der Waals surface area (Å²) in [5, 5.41) is 0. The predicted molar refractivity (Wildman–Crippen MR) is 72.5 cm³/mol. The number of rotatable bonds is 4. The molecule has 20 heavy (non-hydrogen) atoms. The van der Waals surface area contributed by atoms with Gasteiger partial charge in [0.05, 0.1) is 12.3 Å². The van der Waals surface area contributed by atoms with Crippen molar-refractivity contribution in [1.29, 1.82) is 0 Å². The minimum atomic E-state index is -0.526. The van der Waals surface area contributed by atoms with Gasteiger partial charge in [0.15, 0.2) is 5.78 Å². The molecule has 0 aromatic heterocycles. The van der Waals surface area contributed by atoms with E-state index in [1.54, 1.807) is 6.92 Å². The normalized spacial score (nSPS) is 30.9. The average molecular weight is 274 g/mol. The van der Waals surface area contributed by atoms with Crippen LogP contribution < -0.4 is 0 Å². The van der Waals surface area contributed by atoms with Gasteiger partial charge in [-0.15, -0.1) is 12.3 Å². The first-order valence-corrected chi connectivity index (χ1v) is 6.66. The number of esters is 1. The van der Waals surface area contributed by atoms with Gasteiger partial charge in [-0.2, -0.15) is 0 Å². The van der Waals surface area contributed by atoms with Gasteiger partial charge in [0.2, 0.25) is 0 Å². The molecular formula is C16H18O4. The Morgan fingerprint density at radius 1 is 1.55 bits per heavy atom. The second kappa shape index (κ2) is 4.90. The fraction of sp³-hybridized carbons (Fsp3) is 0.562. The van der Waals surface area contributed by atoms with Crippen LogP contribution in [-0.4, -0.2) is 24.1 Å². The molecule has 4 heteroatoms. The van der Waals surface area contributed by atoms with Gasteiger partial charge in [-0.1, -0.05) is 13.8 Å². The highest BCUT2D eigenvalue weighted by Gasteiger charge is 2.63. The lowest BCUT2D eigenvalue weighted by atomic mass is 10.1. The molecule has 4 nitrogen and oxygen atoms in total. The molecule has 106 valence electrons. The van der Waals surface area contributed by atoms with Crippen molar-refractivity contribution in [2.75, 3.05) is 0 Å². The summed E-state index contributed by atoms with van der Waals surface area (Å²) in [7, 11) is 0. The number of hydrogen-bond acceptors (Lipinski definition) is 4. The number of hydrogen-bond donors (Lipinski definition) is 0. The molecule has 0 bridgehead atoms. The SMILES string of the molecule is C#CCC1=C(C)C(OC(=O)C2C(C=O)C2(C)C)CC1=O. The number of carbonyl (C=O) groups is 3. The number of ketones is 1. The Morgan fingerprint density at radius 2 is 2.20 bits per heavy atom. The smallest absolute Gasteiger partial charge is 0.310 e. The van der Waals surface area contributed by atoms with Gasteiger partial charge < -0.3 is 9.53 Å². The topological polar surface area (TPSA) is 60.4 Å². The standard InChI is InChI=1S/C16H18O4/c1-5-6-10-9(2)13(7-12(10)18)20-15(19)14-11(8-17)16(14,3)4/h1,8,11,13-14H,6-7H2,2-4H3. The Labute approximate surface area is 118 Å². The van der Waals surface area contributed by atoms with Crippen molar-refractivity contribution in [3.63, 3.8) is 0 Å². The second-order valence-corrected chi connectivity index (χ2v) is 6.06. The van der Waals surface area contributed by atoms with Crippen LogP contribution in [0.3, 0.4) is 0 Å². The molecule has 1 saturated carbocycles. The first-order valence-electron chi connectivity index (χ1n) is 6.66. The summed E-state index contributed by atoms with van der Waals surface area (Å²) in [4.78, 5) is 34.8. The molecule has 0 spiro atoms. The summed E-state index contributed by atoms with van der Waals surface area (Å²) in [6.45, 7) is 5.50. The van der Waals surface area contributed by atoms with Gasteiger partial charge in [0.1, 0.15) is 12.4 Å². The number of allylic oxidation sites excluding steroid dienone is 1. The van der Waals surface area contributed by atoms with E-state index < -0.39 is 18.0 Å². The zero-order chi connectivity index (χ0) is 15.1. The minimum absolute atomic E-state index is 0.0553. The van der Waals surface area contributed by atoms with Gasteiger partial charge in [0.25, 0.3) is 0 Å². The van der Waals surface area contributed by atoms with Crippen LogP contribution in [0.15, 0.2) is 11.1 Å². The van der Waals surface area contributed by atoms with Crippen molar-refractivity contribution in [2.45, 2.75) is 39.7 Å². The first kappa shape index (κ1) is 14.5. The summed E-state index contributed by atoms with van der Waals surface area (Å²) in [5.74, 6) is 1.30. The van der Waals surface area contributed by atoms with Crippen molar-refractivity contribution in [3.05, 3.63) is 11.1 Å². The molecule has 3 atom stereocenters. The van der Waals surface area contributed by atoms with Crippen molar-refractivity contribution in [3.8, 4) is 12.3 Å². The third-order valence-corrected chi connectivity index (χ3v) is 4.51. The van der Waals surface area contributed by atoms with Crippen LogP contribution in [0.4, 0.5) is 0 Å². The van der Waals surface area contributed by atoms with Crippen molar-refractivity contribution < 1.29 is 19.1 Å². The Morgan fingerprint density at radius 3 is 2.70 bits per heavy atom. The third-order valence-electron chi connectivity index (χ3n) is 4.51. The van der Waals surface area contributed by atoms with Crippen LogP contribution in [0, 0.1) is 29.6 Å². The zero-order valence-corrected chi connectivity index (χ0v) is 11.9. The summed E-state index contributed by atoms with van der Waals surface area (Å²) in [5.41, 5.74) is 0.968. The van der Waals surface area contributed by atoms with Gasteiger partial charge in [-0.05, 0) is 17.9 Å². The summed E-state index contributed by atoms with van der Waals surface area (Å²) in [6, 6.07) is 0. The van der Waals surface area contributed by atoms with E-state index in [-0.39, 0.29) is 30.0 Å². The monoisotopic (exact) mass is 274 g/mol. The van der Waals surface area contributed by atoms with Gasteiger partial charge in [0, 0.05) is 17.9 Å². The molecule has 0 amide bonds. The quantitative estimate of drug-likeness (QED) is 0.444. The second-order valence-electron chi connectivity index (χ2n) is 6.06. The van der Waals surface area contributed by atoms with E-state index in [9.17, 15) is 14.4 Å². The minimum Gasteiger partial charge on any atom is -0.457 e. The van der Waals surface area contributed by atoms with Crippen molar-refractivity contribution in [2.24, 2.45) is 17.3 Å². The molecule has 2 aliphatic carbocycles. The molecule has 3 unspecified atom stereocenters. The molecule has 0 radical (unpaired) electrons. The molecule has 2 rings (SSSR count). The molecule has 0 N–H and O–H groups in total. The number of carbonyl (C=O) groups excluding carboxylic acids is 3. The van der Waals surface area contributed by atoms with E-state index in [4.69, 9.17) is 11.2 Å². The molecule has 0 aromatic rings. The van der Waals surface area contributed by atoms with E-state index in [2.05, 4.69) is 5.92 Å². The van der Waals surface area contributed by atoms with Crippen LogP contribution in [-0.2, 0) is 19.1 Å². The van der Waals surface area contributed by atoms with Crippen molar-refractivity contribution in [1.82, 2.24) is 0 Å². The molecule has 1 fully saturated rings. The number of aldehydes is 1. The van der Waals surface area contributed by atoms with E-state index in [1.165, 1.54) is 0 Å². The highest BCUT2D eigenvalue weighted by molar-refractivity contribution is 6.00. The lowest BCUT2D eigenvalue weighted by Gasteiger charge is -2.13. The van der Waals surface area contributed by atoms with E-state index in [0.717, 1.165) is 11.9 Å². The Bertz CT molecular complexity index is 547. The van der Waals surface area contributed by atoms with Crippen LogP contribution in [0.1, 0.15) is 33.6 Å². The predicted octanol–water partition coefficient (Wildman–Crippen LogP) is 1.68. The molecule has 0 aromatic carbocycles. The van der Waals surface area contributed by atoms with E-state index in [1.807, 2.05) is 13.8 Å². The Hall–Kier alpha value is -1.89. The van der Waals surface area contributed by atoms with Gasteiger partial charge >= 0.3 is 5.97 Å². The molecular weight excluding hydrogens is 256 g/mol. The Balaban J connectivity index is 2.06. The Kier molecular flexibility index (Phi) is 3.56. The zero-order valence-electron chi connectivity index (χ0n) is 11.9. The lowest BCUT2D eigenvalue weighted by Crippen LogP contribution is -2.20. The van der Waals surface area contributed by atoms with E-state index >= 15 is 0 Å². The summed E-state index contributed by atoms with van der Waals surface area (Å²) in [6.07, 6.45) is 5.93. The highest BCUT2D eigenvalue weighted by atomic mass is 16.5. The lowest BCUT2D eigenvalue weighted by molar-refractivity contribution is -0.150. The highest BCUT2D eigenvalue weighted by Crippen LogP contribution is 2.57. The van der Waals surface area contributed by atoms with Crippen LogP contribution in [0.5, 0.6) is 0 Å². The molecule has 2 aliphatic rings. The fourth-order valence-corrected chi connectivity index (χ4v) is 2.92. The third kappa shape index (κ3) is 2.18. The van der Waals surface area contributed by atoms with Crippen LogP contribution >= 0.6 is 0 Å². The fourth-order valence-electron chi connectivity index (χ4n) is 2.92. The van der Waals surface area contributed by atoms with Crippen LogP contribution in [0.25, 0.3) is 0 Å². The number of terminal acetylenes is 1. The number of ether oxygens (including phenoxy) is 1. The first-order chi connectivity index (χ1) is 9.34. The van der Waals surface area contributed by atoms with E-state index in [0.29, 0.717) is 5.57 Å². The number of Topliss-reactive ketones (excluding diaryl/α,β-unsaturated/α-hetero) is 1. The average Bonchev–Trinajstić information content (AvgIpc) is 2.85. The maximum absolute atomic E-state index is 12.1. The molecule has 0 aliphatic heterocycles. The van der Waals surface area contributed by atoms with Gasteiger partial charge in [-0.25, -0.2) is 0 Å². The van der Waals surface area contributed by atoms with Crippen molar-refractivity contribution >= 4 is 18.0 Å². The molecule has 0 heterocycles. The summed E-state index contributed by atoms with van der Waals surface area (Å²) >= 11 is 0. The molecule has 0 saturated heterocycles.